The highest BCUT2D eigenvalue weighted by Gasteiger charge is 2.46. The van der Waals surface area contributed by atoms with Crippen molar-refractivity contribution < 1.29 is 14.3 Å². The van der Waals surface area contributed by atoms with Gasteiger partial charge in [0, 0.05) is 13.0 Å². The Kier molecular flexibility index (Phi) is 6.27. The summed E-state index contributed by atoms with van der Waals surface area (Å²) in [5.74, 6) is -0.0968. The van der Waals surface area contributed by atoms with Gasteiger partial charge in [0.1, 0.15) is 23.5 Å². The first-order chi connectivity index (χ1) is 16.1. The van der Waals surface area contributed by atoms with Crippen molar-refractivity contribution in [2.45, 2.75) is 44.9 Å². The lowest BCUT2D eigenvalue weighted by Gasteiger charge is -2.40. The van der Waals surface area contributed by atoms with Crippen LogP contribution in [0.5, 0.6) is 0 Å². The van der Waals surface area contributed by atoms with E-state index in [9.17, 15) is 14.4 Å². The first kappa shape index (κ1) is 23.6. The largest absolute Gasteiger partial charge is 0.443 e. The average Bonchev–Trinajstić information content (AvgIpc) is 2.76. The van der Waals surface area contributed by atoms with Gasteiger partial charge in [-0.25, -0.2) is 14.7 Å². The van der Waals surface area contributed by atoms with Crippen LogP contribution >= 0.6 is 0 Å². The molecule has 1 aliphatic heterocycles. The number of hydrogen-bond acceptors (Lipinski definition) is 6. The fraction of sp³-hybridized carbons (Fsp3) is 0.385. The summed E-state index contributed by atoms with van der Waals surface area (Å²) < 4.78 is 7.10. The summed E-state index contributed by atoms with van der Waals surface area (Å²) in [7, 11) is 3.69. The van der Waals surface area contributed by atoms with Gasteiger partial charge in [-0.3, -0.25) is 14.2 Å². The number of amides is 2. The van der Waals surface area contributed by atoms with Crippen molar-refractivity contribution in [1.29, 1.82) is 0 Å². The van der Waals surface area contributed by atoms with E-state index >= 15 is 0 Å². The van der Waals surface area contributed by atoms with E-state index in [0.717, 1.165) is 10.5 Å². The molecule has 2 heterocycles. The lowest BCUT2D eigenvalue weighted by Crippen LogP contribution is -2.55. The first-order valence-electron chi connectivity index (χ1n) is 11.3. The summed E-state index contributed by atoms with van der Waals surface area (Å²) >= 11 is 0. The van der Waals surface area contributed by atoms with Crippen LogP contribution in [0.3, 0.4) is 0 Å². The second-order valence-corrected chi connectivity index (χ2v) is 9.83. The van der Waals surface area contributed by atoms with E-state index in [2.05, 4.69) is 0 Å². The van der Waals surface area contributed by atoms with Gasteiger partial charge in [0.25, 0.3) is 11.5 Å². The lowest BCUT2D eigenvalue weighted by molar-refractivity contribution is -0.139. The molecule has 2 amide bonds. The highest BCUT2D eigenvalue weighted by atomic mass is 16.6. The smallest absolute Gasteiger partial charge is 0.417 e. The van der Waals surface area contributed by atoms with Gasteiger partial charge in [-0.1, -0.05) is 42.5 Å². The maximum atomic E-state index is 13.9. The quantitative estimate of drug-likeness (QED) is 0.590. The Morgan fingerprint density at radius 2 is 1.65 bits per heavy atom. The zero-order valence-corrected chi connectivity index (χ0v) is 20.2. The van der Waals surface area contributed by atoms with Crippen molar-refractivity contribution in [3.8, 4) is 0 Å². The summed E-state index contributed by atoms with van der Waals surface area (Å²) in [6, 6.07) is 14.8. The minimum absolute atomic E-state index is 0.251. The van der Waals surface area contributed by atoms with E-state index in [4.69, 9.17) is 9.72 Å². The van der Waals surface area contributed by atoms with Crippen LogP contribution in [0.25, 0.3) is 10.9 Å². The maximum Gasteiger partial charge on any atom is 0.417 e. The predicted octanol–water partition coefficient (Wildman–Crippen LogP) is 3.56. The third kappa shape index (κ3) is 4.59. The fourth-order valence-electron chi connectivity index (χ4n) is 4.29. The third-order valence-electron chi connectivity index (χ3n) is 5.68. The number of imide groups is 1. The molecular formula is C26H30N4O4. The van der Waals surface area contributed by atoms with E-state index in [-0.39, 0.29) is 12.0 Å². The highest BCUT2D eigenvalue weighted by molar-refractivity contribution is 5.96. The van der Waals surface area contributed by atoms with Gasteiger partial charge in [-0.2, -0.15) is 0 Å². The molecule has 4 rings (SSSR count). The maximum absolute atomic E-state index is 13.9. The Bertz CT molecular complexity index is 1280. The minimum Gasteiger partial charge on any atom is -0.443 e. The molecule has 8 heteroatoms. The van der Waals surface area contributed by atoms with Gasteiger partial charge in [0.05, 0.1) is 10.9 Å². The summed E-state index contributed by atoms with van der Waals surface area (Å²) in [4.78, 5) is 48.7. The molecular weight excluding hydrogens is 432 g/mol. The van der Waals surface area contributed by atoms with Crippen molar-refractivity contribution in [2.75, 3.05) is 20.6 Å². The molecule has 8 nitrogen and oxygen atoms in total. The zero-order valence-electron chi connectivity index (χ0n) is 20.2. The van der Waals surface area contributed by atoms with Gasteiger partial charge in [0.15, 0.2) is 0 Å². The number of para-hydroxylation sites is 1. The van der Waals surface area contributed by atoms with Crippen LogP contribution < -0.4 is 5.56 Å². The van der Waals surface area contributed by atoms with E-state index < -0.39 is 29.7 Å². The topological polar surface area (TPSA) is 84.7 Å². The molecule has 0 fully saturated rings. The average molecular weight is 463 g/mol. The number of rotatable bonds is 4. The Hall–Kier alpha value is -3.52. The minimum atomic E-state index is -0.923. The fourth-order valence-corrected chi connectivity index (χ4v) is 4.29. The standard InChI is InChI=1S/C26H30N4O4/c1-26(2,3)34-25(33)30-21(16-28(4)5)22-27-19-14-10-9-13-18(19)23(31)29(22)20(24(30)32)15-17-11-7-6-8-12-17/h6-14,20-21H,15-16H2,1-5H3/t20-,21-/m0/s1. The number of carbonyl (C=O) groups excluding carboxylic acids is 2. The van der Waals surface area contributed by atoms with Gasteiger partial charge >= 0.3 is 6.09 Å². The Balaban J connectivity index is 1.95. The van der Waals surface area contributed by atoms with Crippen molar-refractivity contribution in [2.24, 2.45) is 0 Å². The molecule has 2 aromatic carbocycles. The molecule has 1 aromatic heterocycles. The molecule has 0 radical (unpaired) electrons. The molecule has 0 N–H and O–H groups in total. The van der Waals surface area contributed by atoms with Crippen molar-refractivity contribution >= 4 is 22.9 Å². The van der Waals surface area contributed by atoms with Crippen LogP contribution in [0.2, 0.25) is 0 Å². The van der Waals surface area contributed by atoms with Crippen LogP contribution in [0.1, 0.15) is 44.2 Å². The van der Waals surface area contributed by atoms with E-state index in [0.29, 0.717) is 23.3 Å². The molecule has 1 aliphatic rings. The van der Waals surface area contributed by atoms with Crippen LogP contribution in [-0.4, -0.2) is 57.6 Å². The molecule has 0 unspecified atom stereocenters. The number of nitrogens with zero attached hydrogens (tertiary/aromatic N) is 4. The summed E-state index contributed by atoms with van der Waals surface area (Å²) in [5.41, 5.74) is 0.326. The highest BCUT2D eigenvalue weighted by Crippen LogP contribution is 2.34. The van der Waals surface area contributed by atoms with Gasteiger partial charge < -0.3 is 9.64 Å². The number of ether oxygens (including phenoxy) is 1. The summed E-state index contributed by atoms with van der Waals surface area (Å²) in [6.45, 7) is 5.57. The number of aromatic nitrogens is 2. The van der Waals surface area contributed by atoms with E-state index in [1.165, 1.54) is 4.57 Å². The molecule has 0 saturated carbocycles. The molecule has 3 aromatic rings. The van der Waals surface area contributed by atoms with Crippen molar-refractivity contribution in [3.63, 3.8) is 0 Å². The molecule has 178 valence electrons. The molecule has 0 bridgehead atoms. The molecule has 0 spiro atoms. The number of hydrogen-bond donors (Lipinski definition) is 0. The monoisotopic (exact) mass is 462 g/mol. The van der Waals surface area contributed by atoms with Crippen LogP contribution in [0.15, 0.2) is 59.4 Å². The second-order valence-electron chi connectivity index (χ2n) is 9.83. The lowest BCUT2D eigenvalue weighted by atomic mass is 9.99. The summed E-state index contributed by atoms with van der Waals surface area (Å²) in [5, 5.41) is 0.437. The normalized spacial score (nSPS) is 18.3. The van der Waals surface area contributed by atoms with Crippen molar-refractivity contribution in [1.82, 2.24) is 19.4 Å². The molecule has 2 atom stereocenters. The molecule has 0 saturated heterocycles. The van der Waals surface area contributed by atoms with Crippen LogP contribution in [-0.2, 0) is 16.0 Å². The second kappa shape index (κ2) is 9.02. The van der Waals surface area contributed by atoms with Gasteiger partial charge in [-0.05, 0) is 52.6 Å². The third-order valence-corrected chi connectivity index (χ3v) is 5.68. The molecule has 0 aliphatic carbocycles. The Morgan fingerprint density at radius 1 is 1.00 bits per heavy atom. The Labute approximate surface area is 198 Å². The first-order valence-corrected chi connectivity index (χ1v) is 11.3. The van der Waals surface area contributed by atoms with Gasteiger partial charge in [-0.15, -0.1) is 0 Å². The van der Waals surface area contributed by atoms with Crippen molar-refractivity contribution in [3.05, 3.63) is 76.3 Å². The van der Waals surface area contributed by atoms with Crippen LogP contribution in [0, 0.1) is 0 Å². The number of benzene rings is 2. The van der Waals surface area contributed by atoms with E-state index in [1.54, 1.807) is 39.0 Å². The number of fused-ring (bicyclic) bond motifs is 2. The van der Waals surface area contributed by atoms with Gasteiger partial charge in [0.2, 0.25) is 0 Å². The number of likely N-dealkylation sites (N-methyl/N-ethyl adjacent to an activating group) is 1. The SMILES string of the molecule is CN(C)C[C@H]1c2nc3ccccc3c(=O)n2[C@@H](Cc2ccccc2)C(=O)N1C(=O)OC(C)(C)C. The zero-order chi connectivity index (χ0) is 24.6. The summed E-state index contributed by atoms with van der Waals surface area (Å²) in [6.07, 6.45) is -0.489. The Morgan fingerprint density at radius 3 is 2.29 bits per heavy atom. The van der Waals surface area contributed by atoms with E-state index in [1.807, 2.05) is 55.4 Å². The predicted molar refractivity (Wildman–Crippen MR) is 130 cm³/mol. The van der Waals surface area contributed by atoms with Crippen LogP contribution in [0.4, 0.5) is 4.79 Å². The number of carbonyl (C=O) groups is 2. The molecule has 34 heavy (non-hydrogen) atoms.